The highest BCUT2D eigenvalue weighted by atomic mass is 79.9. The Labute approximate surface area is 116 Å². The fraction of sp³-hybridized carbons (Fsp3) is 0.571. The van der Waals surface area contributed by atoms with Crippen molar-refractivity contribution in [2.24, 2.45) is 17.6 Å². The van der Waals surface area contributed by atoms with E-state index in [1.807, 2.05) is 12.1 Å². The number of nitrogens with zero attached hydrogens (tertiary/aromatic N) is 1. The number of nitrogens with two attached hydrogens (primary N) is 1. The van der Waals surface area contributed by atoms with Gasteiger partial charge in [0.2, 0.25) is 0 Å². The van der Waals surface area contributed by atoms with Crippen LogP contribution in [-0.2, 0) is 11.2 Å². The summed E-state index contributed by atoms with van der Waals surface area (Å²) in [6, 6.07) is 3.83. The van der Waals surface area contributed by atoms with Crippen LogP contribution in [0.25, 0.3) is 0 Å². The van der Waals surface area contributed by atoms with Gasteiger partial charge in [-0.1, -0.05) is 12.8 Å². The van der Waals surface area contributed by atoms with Crippen molar-refractivity contribution < 1.29 is 4.79 Å². The van der Waals surface area contributed by atoms with Gasteiger partial charge in [-0.05, 0) is 53.4 Å². The lowest BCUT2D eigenvalue weighted by Gasteiger charge is -2.29. The van der Waals surface area contributed by atoms with E-state index in [1.165, 1.54) is 6.42 Å². The quantitative estimate of drug-likeness (QED) is 0.930. The Hall–Kier alpha value is -0.740. The third kappa shape index (κ3) is 3.39. The number of ketones is 1. The van der Waals surface area contributed by atoms with E-state index in [1.54, 1.807) is 6.20 Å². The van der Waals surface area contributed by atoms with Crippen molar-refractivity contribution in [2.75, 3.05) is 6.54 Å². The number of Topliss-reactive ketones (excluding diaryl/α,β-unsaturated/α-hetero) is 1. The molecular formula is C14H19BrN2O. The summed E-state index contributed by atoms with van der Waals surface area (Å²) < 4.78 is 0.941. The van der Waals surface area contributed by atoms with Crippen LogP contribution in [0.3, 0.4) is 0 Å². The average Bonchev–Trinajstić information content (AvgIpc) is 2.41. The van der Waals surface area contributed by atoms with Crippen LogP contribution >= 0.6 is 15.9 Å². The van der Waals surface area contributed by atoms with E-state index in [2.05, 4.69) is 20.9 Å². The van der Waals surface area contributed by atoms with E-state index >= 15 is 0 Å². The van der Waals surface area contributed by atoms with Crippen LogP contribution in [-0.4, -0.2) is 17.3 Å². The smallest absolute Gasteiger partial charge is 0.142 e. The number of rotatable bonds is 4. The summed E-state index contributed by atoms with van der Waals surface area (Å²) in [6.45, 7) is 0.629. The molecule has 4 heteroatoms. The maximum atomic E-state index is 12.3. The molecule has 0 aliphatic heterocycles. The Morgan fingerprint density at radius 1 is 1.39 bits per heavy atom. The minimum Gasteiger partial charge on any atom is -0.330 e. The molecule has 2 unspecified atom stereocenters. The number of hydrogen-bond acceptors (Lipinski definition) is 3. The molecule has 0 aromatic carbocycles. The molecule has 0 saturated heterocycles. The van der Waals surface area contributed by atoms with Crippen LogP contribution in [0.4, 0.5) is 0 Å². The Kier molecular flexibility index (Phi) is 4.89. The van der Waals surface area contributed by atoms with Gasteiger partial charge in [-0.15, -0.1) is 0 Å². The first-order chi connectivity index (χ1) is 8.70. The van der Waals surface area contributed by atoms with Crippen molar-refractivity contribution in [3.63, 3.8) is 0 Å². The summed E-state index contributed by atoms with van der Waals surface area (Å²) in [5.41, 5.74) is 6.62. The number of aromatic nitrogens is 1. The molecule has 2 atom stereocenters. The summed E-state index contributed by atoms with van der Waals surface area (Å²) in [5, 5.41) is 0. The molecule has 1 aromatic rings. The molecule has 98 valence electrons. The molecule has 18 heavy (non-hydrogen) atoms. The van der Waals surface area contributed by atoms with Gasteiger partial charge in [-0.2, -0.15) is 0 Å². The van der Waals surface area contributed by atoms with Crippen LogP contribution in [0.15, 0.2) is 22.8 Å². The molecule has 2 N–H and O–H groups in total. The molecule has 1 aromatic heterocycles. The summed E-state index contributed by atoms with van der Waals surface area (Å²) in [6.07, 6.45) is 6.64. The molecule has 0 bridgehead atoms. The minimum atomic E-state index is 0.147. The molecule has 1 saturated carbocycles. The number of halogens is 1. The number of carbonyl (C=O) groups is 1. The van der Waals surface area contributed by atoms with Gasteiger partial charge in [0.05, 0.1) is 0 Å². The van der Waals surface area contributed by atoms with Gasteiger partial charge in [-0.25, -0.2) is 0 Å². The lowest BCUT2D eigenvalue weighted by Crippen LogP contribution is -2.33. The SMILES string of the molecule is NCC1CCCCC1C(=O)Cc1ccc(Br)cn1. The zero-order valence-corrected chi connectivity index (χ0v) is 12.0. The molecule has 1 fully saturated rings. The van der Waals surface area contributed by atoms with Gasteiger partial charge in [-0.3, -0.25) is 9.78 Å². The molecule has 0 radical (unpaired) electrons. The summed E-state index contributed by atoms with van der Waals surface area (Å²) >= 11 is 3.35. The second-order valence-electron chi connectivity index (χ2n) is 5.00. The monoisotopic (exact) mass is 310 g/mol. The van der Waals surface area contributed by atoms with E-state index in [4.69, 9.17) is 5.73 Å². The maximum Gasteiger partial charge on any atom is 0.142 e. The normalized spacial score (nSPS) is 23.9. The Morgan fingerprint density at radius 3 is 2.83 bits per heavy atom. The highest BCUT2D eigenvalue weighted by molar-refractivity contribution is 9.10. The van der Waals surface area contributed by atoms with Crippen molar-refractivity contribution in [1.29, 1.82) is 0 Å². The number of hydrogen-bond donors (Lipinski definition) is 1. The highest BCUT2D eigenvalue weighted by Crippen LogP contribution is 2.30. The first kappa shape index (κ1) is 13.7. The van der Waals surface area contributed by atoms with Crippen molar-refractivity contribution in [3.8, 4) is 0 Å². The summed E-state index contributed by atoms with van der Waals surface area (Å²) in [7, 11) is 0. The number of carbonyl (C=O) groups excluding carboxylic acids is 1. The van der Waals surface area contributed by atoms with E-state index in [-0.39, 0.29) is 5.92 Å². The second kappa shape index (κ2) is 6.43. The fourth-order valence-electron chi connectivity index (χ4n) is 2.73. The Morgan fingerprint density at radius 2 is 2.17 bits per heavy atom. The molecule has 1 heterocycles. The van der Waals surface area contributed by atoms with Gasteiger partial charge in [0.25, 0.3) is 0 Å². The Balaban J connectivity index is 2.00. The maximum absolute atomic E-state index is 12.3. The van der Waals surface area contributed by atoms with E-state index in [9.17, 15) is 4.79 Å². The first-order valence-electron chi connectivity index (χ1n) is 6.54. The van der Waals surface area contributed by atoms with E-state index in [0.29, 0.717) is 24.7 Å². The zero-order chi connectivity index (χ0) is 13.0. The highest BCUT2D eigenvalue weighted by Gasteiger charge is 2.29. The van der Waals surface area contributed by atoms with E-state index in [0.717, 1.165) is 29.4 Å². The van der Waals surface area contributed by atoms with Crippen molar-refractivity contribution >= 4 is 21.7 Å². The molecule has 2 rings (SSSR count). The van der Waals surface area contributed by atoms with Gasteiger partial charge < -0.3 is 5.73 Å². The third-order valence-electron chi connectivity index (χ3n) is 3.77. The van der Waals surface area contributed by atoms with Gasteiger partial charge in [0.1, 0.15) is 5.78 Å². The Bertz CT molecular complexity index is 405. The van der Waals surface area contributed by atoms with Gasteiger partial charge in [0.15, 0.2) is 0 Å². The van der Waals surface area contributed by atoms with Gasteiger partial charge in [0, 0.05) is 28.7 Å². The lowest BCUT2D eigenvalue weighted by molar-refractivity contribution is -0.124. The molecule has 3 nitrogen and oxygen atoms in total. The van der Waals surface area contributed by atoms with Gasteiger partial charge >= 0.3 is 0 Å². The average molecular weight is 311 g/mol. The van der Waals surface area contributed by atoms with Crippen LogP contribution in [0, 0.1) is 11.8 Å². The molecule has 1 aliphatic carbocycles. The lowest BCUT2D eigenvalue weighted by atomic mass is 9.76. The van der Waals surface area contributed by atoms with Crippen LogP contribution < -0.4 is 5.73 Å². The summed E-state index contributed by atoms with van der Waals surface area (Å²) in [4.78, 5) is 16.6. The van der Waals surface area contributed by atoms with Crippen LogP contribution in [0.1, 0.15) is 31.4 Å². The predicted octanol–water partition coefficient (Wildman–Crippen LogP) is 2.72. The molecule has 0 amide bonds. The van der Waals surface area contributed by atoms with Crippen LogP contribution in [0.5, 0.6) is 0 Å². The topological polar surface area (TPSA) is 56.0 Å². The third-order valence-corrected chi connectivity index (χ3v) is 4.24. The first-order valence-corrected chi connectivity index (χ1v) is 7.33. The summed E-state index contributed by atoms with van der Waals surface area (Å²) in [5.74, 6) is 0.830. The molecule has 1 aliphatic rings. The standard InChI is InChI=1S/C14H19BrN2O/c15-11-5-6-12(17-9-11)7-14(18)13-4-2-1-3-10(13)8-16/h5-6,9-10,13H,1-4,7-8,16H2. The molecule has 0 spiro atoms. The van der Waals surface area contributed by atoms with Crippen molar-refractivity contribution in [3.05, 3.63) is 28.5 Å². The molecular weight excluding hydrogens is 292 g/mol. The van der Waals surface area contributed by atoms with Crippen molar-refractivity contribution in [2.45, 2.75) is 32.1 Å². The largest absolute Gasteiger partial charge is 0.330 e. The van der Waals surface area contributed by atoms with E-state index < -0.39 is 0 Å². The van der Waals surface area contributed by atoms with Crippen LogP contribution in [0.2, 0.25) is 0 Å². The fourth-order valence-corrected chi connectivity index (χ4v) is 2.97. The van der Waals surface area contributed by atoms with Crippen molar-refractivity contribution in [1.82, 2.24) is 4.98 Å². The minimum absolute atomic E-state index is 0.147. The number of pyridine rings is 1. The zero-order valence-electron chi connectivity index (χ0n) is 10.4. The second-order valence-corrected chi connectivity index (χ2v) is 5.91. The predicted molar refractivity (Wildman–Crippen MR) is 75.2 cm³/mol.